The molecule has 1 aliphatic heterocycles. The van der Waals surface area contributed by atoms with Crippen LogP contribution in [0.25, 0.3) is 0 Å². The molecule has 0 fully saturated rings. The third kappa shape index (κ3) is 3.92. The van der Waals surface area contributed by atoms with Gasteiger partial charge in [-0.2, -0.15) is 18.2 Å². The Kier molecular flexibility index (Phi) is 4.89. The number of anilines is 3. The van der Waals surface area contributed by atoms with Crippen LogP contribution in [-0.4, -0.2) is 26.6 Å². The third-order valence-corrected chi connectivity index (χ3v) is 5.84. The predicted molar refractivity (Wildman–Crippen MR) is 96.8 cm³/mol. The van der Waals surface area contributed by atoms with Crippen LogP contribution >= 0.6 is 0 Å². The van der Waals surface area contributed by atoms with Crippen molar-refractivity contribution in [1.82, 2.24) is 9.97 Å². The molecule has 1 aliphatic rings. The van der Waals surface area contributed by atoms with Gasteiger partial charge in [0.05, 0.1) is 12.2 Å². The number of hydrogen-bond donors (Lipinski definition) is 3. The smallest absolute Gasteiger partial charge is 0.382 e. The highest BCUT2D eigenvalue weighted by Crippen LogP contribution is 2.35. The second-order valence-electron chi connectivity index (χ2n) is 6.20. The van der Waals surface area contributed by atoms with Crippen LogP contribution < -0.4 is 16.0 Å². The molecule has 146 valence electrons. The van der Waals surface area contributed by atoms with Gasteiger partial charge in [-0.15, -0.1) is 0 Å². The number of nitrogens with two attached hydrogens (primary N) is 1. The topological polar surface area (TPSA) is 108 Å². The summed E-state index contributed by atoms with van der Waals surface area (Å²) in [4.78, 5) is 10.0. The fourth-order valence-corrected chi connectivity index (χ4v) is 4.01. The number of hydrogen-bond acceptors (Lipinski definition) is 7. The van der Waals surface area contributed by atoms with Gasteiger partial charge in [0.2, 0.25) is 5.16 Å². The maximum atomic E-state index is 12.7. The van der Waals surface area contributed by atoms with E-state index in [4.69, 9.17) is 10.5 Å². The quantitative estimate of drug-likeness (QED) is 0.665. The SMILES string of the molecule is CCCS(=N)(=O)c1nc(N)c2c(n1)N(Cc1ccc(C(F)(F)F)cc1)CN2. The molecule has 1 aromatic heterocycles. The summed E-state index contributed by atoms with van der Waals surface area (Å²) < 4.78 is 58.5. The van der Waals surface area contributed by atoms with Crippen molar-refractivity contribution in [3.8, 4) is 0 Å². The molecule has 0 saturated heterocycles. The molecule has 1 aromatic carbocycles. The van der Waals surface area contributed by atoms with E-state index in [2.05, 4.69) is 15.3 Å². The molecule has 0 aliphatic carbocycles. The van der Waals surface area contributed by atoms with Gasteiger partial charge in [0.25, 0.3) is 0 Å². The zero-order chi connectivity index (χ0) is 19.8. The third-order valence-electron chi connectivity index (χ3n) is 4.08. The molecule has 3 rings (SSSR count). The lowest BCUT2D eigenvalue weighted by atomic mass is 10.1. The van der Waals surface area contributed by atoms with E-state index in [0.29, 0.717) is 30.2 Å². The number of nitrogens with zero attached hydrogens (tertiary/aromatic N) is 3. The van der Waals surface area contributed by atoms with Crippen LogP contribution in [0.5, 0.6) is 0 Å². The lowest BCUT2D eigenvalue weighted by Crippen LogP contribution is -2.23. The van der Waals surface area contributed by atoms with E-state index >= 15 is 0 Å². The van der Waals surface area contributed by atoms with Gasteiger partial charge in [0.1, 0.15) is 15.4 Å². The summed E-state index contributed by atoms with van der Waals surface area (Å²) in [5.41, 5.74) is 6.32. The molecule has 11 heteroatoms. The zero-order valence-corrected chi connectivity index (χ0v) is 15.3. The van der Waals surface area contributed by atoms with Crippen LogP contribution in [0.15, 0.2) is 29.4 Å². The maximum absolute atomic E-state index is 12.7. The Morgan fingerprint density at radius 2 is 1.96 bits per heavy atom. The summed E-state index contributed by atoms with van der Waals surface area (Å²) in [6, 6.07) is 4.85. The molecule has 0 spiro atoms. The minimum atomic E-state index is -4.38. The van der Waals surface area contributed by atoms with E-state index in [0.717, 1.165) is 12.1 Å². The Morgan fingerprint density at radius 3 is 2.56 bits per heavy atom. The average molecular weight is 400 g/mol. The van der Waals surface area contributed by atoms with Crippen LogP contribution in [-0.2, 0) is 22.5 Å². The molecule has 1 unspecified atom stereocenters. The highest BCUT2D eigenvalue weighted by molar-refractivity contribution is 7.92. The van der Waals surface area contributed by atoms with Gasteiger partial charge in [0, 0.05) is 12.3 Å². The van der Waals surface area contributed by atoms with Crippen molar-refractivity contribution in [2.75, 3.05) is 28.4 Å². The second-order valence-corrected chi connectivity index (χ2v) is 8.32. The van der Waals surface area contributed by atoms with E-state index in [1.54, 1.807) is 4.90 Å². The first-order valence-electron chi connectivity index (χ1n) is 8.21. The van der Waals surface area contributed by atoms with E-state index in [1.807, 2.05) is 6.92 Å². The molecule has 0 amide bonds. The van der Waals surface area contributed by atoms with Gasteiger partial charge in [-0.1, -0.05) is 19.1 Å². The summed E-state index contributed by atoms with van der Waals surface area (Å²) in [5.74, 6) is 0.617. The number of fused-ring (bicyclic) bond motifs is 1. The summed E-state index contributed by atoms with van der Waals surface area (Å²) in [6.45, 7) is 2.41. The predicted octanol–water partition coefficient (Wildman–Crippen LogP) is 3.28. The maximum Gasteiger partial charge on any atom is 0.416 e. The molecule has 0 saturated carbocycles. The Labute approximate surface area is 154 Å². The van der Waals surface area contributed by atoms with Crippen molar-refractivity contribution in [2.24, 2.45) is 0 Å². The van der Waals surface area contributed by atoms with E-state index < -0.39 is 21.5 Å². The van der Waals surface area contributed by atoms with Gasteiger partial charge in [-0.05, 0) is 24.1 Å². The molecule has 2 heterocycles. The van der Waals surface area contributed by atoms with E-state index in [9.17, 15) is 17.4 Å². The van der Waals surface area contributed by atoms with Crippen molar-refractivity contribution in [3.05, 3.63) is 35.4 Å². The Morgan fingerprint density at radius 1 is 1.30 bits per heavy atom. The summed E-state index contributed by atoms with van der Waals surface area (Å²) in [6.07, 6.45) is -3.85. The first-order valence-corrected chi connectivity index (χ1v) is 9.93. The average Bonchev–Trinajstić information content (AvgIpc) is 2.98. The minimum absolute atomic E-state index is 0.0981. The molecule has 0 bridgehead atoms. The van der Waals surface area contributed by atoms with Gasteiger partial charge in [0.15, 0.2) is 11.6 Å². The van der Waals surface area contributed by atoms with Crippen LogP contribution in [0.3, 0.4) is 0 Å². The zero-order valence-electron chi connectivity index (χ0n) is 14.5. The Bertz CT molecular complexity index is 944. The standard InChI is InChI=1S/C16H19F3N6OS/c1-2-7-27(21,26)15-23-13(20)12-14(24-15)25(9-22-12)8-10-3-5-11(6-4-10)16(17,18)19/h3-6,21-22H,2,7-9H2,1H3,(H2,20,23,24). The Hall–Kier alpha value is -2.56. The van der Waals surface area contributed by atoms with Gasteiger partial charge >= 0.3 is 6.18 Å². The van der Waals surface area contributed by atoms with Crippen molar-refractivity contribution in [2.45, 2.75) is 31.2 Å². The number of nitrogens with one attached hydrogen (secondary N) is 2. The molecule has 7 nitrogen and oxygen atoms in total. The molecule has 1 atom stereocenters. The summed E-state index contributed by atoms with van der Waals surface area (Å²) in [5, 5.41) is 2.90. The lowest BCUT2D eigenvalue weighted by Gasteiger charge is -2.18. The molecule has 2 aromatic rings. The first-order chi connectivity index (χ1) is 12.6. The monoisotopic (exact) mass is 400 g/mol. The fraction of sp³-hybridized carbons (Fsp3) is 0.375. The molecule has 4 N–H and O–H groups in total. The van der Waals surface area contributed by atoms with Gasteiger partial charge < -0.3 is 16.0 Å². The van der Waals surface area contributed by atoms with Gasteiger partial charge in [-0.3, -0.25) is 0 Å². The number of rotatable bonds is 5. The summed E-state index contributed by atoms with van der Waals surface area (Å²) in [7, 11) is -3.15. The van der Waals surface area contributed by atoms with Gasteiger partial charge in [-0.25, -0.2) is 14.0 Å². The van der Waals surface area contributed by atoms with Crippen LogP contribution in [0.1, 0.15) is 24.5 Å². The number of alkyl halides is 3. The largest absolute Gasteiger partial charge is 0.416 e. The fourth-order valence-electron chi connectivity index (χ4n) is 2.77. The number of nitrogen functional groups attached to an aromatic ring is 1. The summed E-state index contributed by atoms with van der Waals surface area (Å²) >= 11 is 0. The molecular formula is C16H19F3N6OS. The number of halogens is 3. The van der Waals surface area contributed by atoms with Crippen LogP contribution in [0.2, 0.25) is 0 Å². The molecule has 0 radical (unpaired) electrons. The molecule has 27 heavy (non-hydrogen) atoms. The highest BCUT2D eigenvalue weighted by atomic mass is 32.2. The second kappa shape index (κ2) is 6.87. The van der Waals surface area contributed by atoms with Crippen molar-refractivity contribution < 1.29 is 17.4 Å². The van der Waals surface area contributed by atoms with Crippen molar-refractivity contribution in [3.63, 3.8) is 0 Å². The van der Waals surface area contributed by atoms with Crippen molar-refractivity contribution in [1.29, 1.82) is 4.78 Å². The molecular weight excluding hydrogens is 381 g/mol. The van der Waals surface area contributed by atoms with Crippen molar-refractivity contribution >= 4 is 27.1 Å². The van der Waals surface area contributed by atoms with E-state index in [-0.39, 0.29) is 23.3 Å². The number of benzene rings is 1. The Balaban J connectivity index is 1.89. The first kappa shape index (κ1) is 19.2. The normalized spacial score (nSPS) is 15.9. The van der Waals surface area contributed by atoms with E-state index in [1.165, 1.54) is 12.1 Å². The number of aromatic nitrogens is 2. The van der Waals surface area contributed by atoms with Crippen LogP contribution in [0.4, 0.5) is 30.5 Å². The highest BCUT2D eigenvalue weighted by Gasteiger charge is 2.30. The lowest BCUT2D eigenvalue weighted by molar-refractivity contribution is -0.137. The minimum Gasteiger partial charge on any atom is -0.382 e. The van der Waals surface area contributed by atoms with Crippen LogP contribution in [0, 0.1) is 4.78 Å².